The number of thiophene rings is 1. The summed E-state index contributed by atoms with van der Waals surface area (Å²) in [6.07, 6.45) is -11.3. The molecular weight excluding hydrogens is 389 g/mol. The van der Waals surface area contributed by atoms with Gasteiger partial charge in [-0.1, -0.05) is 12.1 Å². The maximum Gasteiger partial charge on any atom is 1.00 e. The molecule has 0 saturated carbocycles. The summed E-state index contributed by atoms with van der Waals surface area (Å²) < 4.78 is 128. The molecule has 1 aliphatic heterocycles. The zero-order valence-electron chi connectivity index (χ0n) is 30.7. The monoisotopic (exact) mass is 431 g/mol. The molecule has 0 radical (unpaired) electrons. The molecule has 0 spiro atoms. The average molecular weight is 432 g/mol. The van der Waals surface area contributed by atoms with Gasteiger partial charge in [-0.05, 0) is 63.9 Å². The summed E-state index contributed by atoms with van der Waals surface area (Å²) in [4.78, 5) is 26.2. The first kappa shape index (κ1) is 9.28. The van der Waals surface area contributed by atoms with E-state index in [1.807, 2.05) is 0 Å². The van der Waals surface area contributed by atoms with Crippen molar-refractivity contribution in [1.29, 1.82) is 0 Å². The maximum atomic E-state index is 13.3. The number of hydrogen-bond acceptors (Lipinski definition) is 5. The molecule has 1 amide bonds. The Morgan fingerprint density at radius 3 is 3.00 bits per heavy atom. The molecule has 3 rings (SSSR count). The molecule has 2 aromatic heterocycles. The second-order valence-electron chi connectivity index (χ2n) is 5.30. The van der Waals surface area contributed by atoms with Crippen molar-refractivity contribution >= 4 is 27.5 Å². The molecule has 27 heavy (non-hydrogen) atoms. The van der Waals surface area contributed by atoms with Gasteiger partial charge in [0.15, 0.2) is 1.41 Å². The van der Waals surface area contributed by atoms with Gasteiger partial charge in [-0.25, -0.2) is 0 Å². The fourth-order valence-electron chi connectivity index (χ4n) is 2.37. The van der Waals surface area contributed by atoms with Gasteiger partial charge in [0, 0.05) is 35.8 Å². The first-order valence-electron chi connectivity index (χ1n) is 15.5. The first-order valence-corrected chi connectivity index (χ1v) is 8.39. The molecule has 1 aliphatic rings. The largest absolute Gasteiger partial charge is 1.00 e. The van der Waals surface area contributed by atoms with Crippen molar-refractivity contribution in [3.63, 3.8) is 0 Å². The Bertz CT molecular complexity index is 1440. The number of carbonyl (C=O) groups excluding carboxylic acids is 1. The maximum absolute atomic E-state index is 13.3. The van der Waals surface area contributed by atoms with Crippen LogP contribution in [0.1, 0.15) is 76.3 Å². The third-order valence-corrected chi connectivity index (χ3v) is 4.36. The van der Waals surface area contributed by atoms with E-state index in [1.54, 1.807) is 0 Å². The Labute approximate surface area is 228 Å². The van der Waals surface area contributed by atoms with Crippen molar-refractivity contribution in [3.8, 4) is 5.75 Å². The third-order valence-electron chi connectivity index (χ3n) is 3.53. The van der Waals surface area contributed by atoms with E-state index in [-0.39, 0.29) is 71.8 Å². The molecule has 3 heterocycles. The number of pyridine rings is 1. The van der Waals surface area contributed by atoms with Gasteiger partial charge in [0.25, 0.3) is 11.5 Å². The summed E-state index contributed by atoms with van der Waals surface area (Å²) in [6, 6.07) is -1.73. The van der Waals surface area contributed by atoms with Crippen LogP contribution in [0.4, 0.5) is 0 Å². The predicted octanol–water partition coefficient (Wildman–Crippen LogP) is -0.673. The average Bonchev–Trinajstić information content (AvgIpc) is 3.20. The van der Waals surface area contributed by atoms with Crippen molar-refractivity contribution in [2.24, 2.45) is 0 Å². The van der Waals surface area contributed by atoms with E-state index in [1.165, 1.54) is 0 Å². The number of amides is 1. The second-order valence-corrected chi connectivity index (χ2v) is 6.13. The van der Waals surface area contributed by atoms with Gasteiger partial charge in [-0.3, -0.25) is 14.2 Å². The van der Waals surface area contributed by atoms with Crippen LogP contribution >= 0.6 is 11.3 Å². The Balaban J connectivity index is 0.00000645. The van der Waals surface area contributed by atoms with E-state index in [2.05, 4.69) is 0 Å². The number of nitrogens with zero attached hydrogens (tertiary/aromatic N) is 2. The molecule has 1 atom stereocenters. The zero-order valence-corrected chi connectivity index (χ0v) is 18.6. The molecule has 0 bridgehead atoms. The van der Waals surface area contributed by atoms with Gasteiger partial charge < -0.3 is 15.3 Å². The van der Waals surface area contributed by atoms with Gasteiger partial charge >= 0.3 is 51.4 Å². The smallest absolute Gasteiger partial charge is 0.871 e. The van der Waals surface area contributed by atoms with Crippen molar-refractivity contribution in [3.05, 3.63) is 27.3 Å². The molecule has 1 saturated heterocycles. The summed E-state index contributed by atoms with van der Waals surface area (Å²) in [5, 5.41) is 12.5. The third kappa shape index (κ3) is 5.23. The van der Waals surface area contributed by atoms with E-state index in [4.69, 9.17) is 22.0 Å². The molecule has 2 aromatic rings. The van der Waals surface area contributed by atoms with Gasteiger partial charge in [0.1, 0.15) is 4.83 Å². The Hall–Kier alpha value is -0.224. The molecule has 0 aliphatic carbocycles. The fraction of sp³-hybridized carbons (Fsp3) is 0.579. The summed E-state index contributed by atoms with van der Waals surface area (Å²) in [5.41, 5.74) is -2.71. The van der Waals surface area contributed by atoms with Crippen LogP contribution in [0.25, 0.3) is 10.2 Å². The van der Waals surface area contributed by atoms with Crippen LogP contribution in [0, 0.1) is 0 Å². The van der Waals surface area contributed by atoms with Crippen molar-refractivity contribution in [2.45, 2.75) is 45.3 Å². The fourth-order valence-corrected chi connectivity index (χ4v) is 3.23. The van der Waals surface area contributed by atoms with E-state index in [9.17, 15) is 14.7 Å². The number of rotatable bonds is 6. The molecule has 142 valence electrons. The quantitative estimate of drug-likeness (QED) is 0.615. The number of fused-ring (bicyclic) bond motifs is 1. The van der Waals surface area contributed by atoms with E-state index in [0.717, 1.165) is 13.0 Å². The summed E-state index contributed by atoms with van der Waals surface area (Å²) in [7, 11) is 0. The second kappa shape index (κ2) is 10.5. The van der Waals surface area contributed by atoms with Crippen LogP contribution in [-0.2, 0) is 0 Å². The van der Waals surface area contributed by atoms with Crippen LogP contribution < -0.4 is 67.4 Å². The molecule has 6 nitrogen and oxygen atoms in total. The summed E-state index contributed by atoms with van der Waals surface area (Å²) in [6.45, 7) is -10.7. The van der Waals surface area contributed by atoms with E-state index < -0.39 is 92.7 Å². The SMILES string of the molecule is [2H]c1cc2c([O-])c(C(=O)N([2H])CCCN3C([2H])([2H])C([2H])([2H])C([2H])([2H])C([2H])([2H])C3([2H])[2H])c(=O)n(C([2H])(C)C([2H])([2H])[2H])c2s1.[K+]. The van der Waals surface area contributed by atoms with Gasteiger partial charge in [-0.2, -0.15) is 0 Å². The standard InChI is InChI=1S/C19H27N3O3S.K/c1-13(2)22-18(25)15(16(23)14-7-12-26-19(14)22)17(24)20-8-6-11-21-9-4-3-5-10-21;/h7,12-13,23H,3-6,8-11H2,1-2H3,(H,20,24);/q;+1/p-1/i1D3,3D2,4D2,5D2,9D2,10D2,12D,13D;/hD. The molecule has 0 aromatic carbocycles. The van der Waals surface area contributed by atoms with Crippen molar-refractivity contribution < 1.29 is 83.3 Å². The number of hydrogen-bond donors (Lipinski definition) is 1. The molecule has 1 fully saturated rings. The number of carbonyl (C=O) groups is 1. The Morgan fingerprint density at radius 1 is 1.56 bits per heavy atom. The van der Waals surface area contributed by atoms with Crippen LogP contribution in [0.15, 0.2) is 16.2 Å². The van der Waals surface area contributed by atoms with Crippen molar-refractivity contribution in [2.75, 3.05) is 26.1 Å². The van der Waals surface area contributed by atoms with Crippen LogP contribution in [0.5, 0.6) is 5.75 Å². The number of aromatic nitrogens is 1. The number of nitrogens with one attached hydrogen (secondary N) is 1. The molecule has 1 N–H and O–H groups in total. The van der Waals surface area contributed by atoms with Gasteiger partial charge in [0.05, 0.1) is 8.30 Å². The normalized spacial score (nSPS) is 35.7. The molecule has 1 unspecified atom stereocenters. The van der Waals surface area contributed by atoms with Crippen molar-refractivity contribution in [1.82, 2.24) is 14.8 Å². The number of piperidine rings is 1. The topological polar surface area (TPSA) is 77.4 Å². The summed E-state index contributed by atoms with van der Waals surface area (Å²) >= 11 is 0.531. The van der Waals surface area contributed by atoms with Gasteiger partial charge in [-0.15, -0.1) is 11.3 Å². The van der Waals surface area contributed by atoms with Crippen LogP contribution in [-0.4, -0.2) is 41.5 Å². The Kier molecular flexibility index (Phi) is 3.62. The molecular formula is C19H26KN3O3S. The minimum absolute atomic E-state index is 0. The predicted molar refractivity (Wildman–Crippen MR) is 103 cm³/mol. The zero-order chi connectivity index (χ0) is 32.8. The minimum Gasteiger partial charge on any atom is -0.871 e. The van der Waals surface area contributed by atoms with E-state index >= 15 is 0 Å². The molecule has 8 heteroatoms. The first-order chi connectivity index (χ1) is 18.6. The van der Waals surface area contributed by atoms with Gasteiger partial charge in [0.2, 0.25) is 0 Å². The van der Waals surface area contributed by atoms with Crippen LogP contribution in [0.2, 0.25) is 1.41 Å². The number of likely N-dealkylation sites (tertiary alicyclic amines) is 1. The summed E-state index contributed by atoms with van der Waals surface area (Å²) in [5.74, 6) is -2.77. The minimum atomic E-state index is -3.62. The van der Waals surface area contributed by atoms with E-state index in [0.29, 0.717) is 15.9 Å². The van der Waals surface area contributed by atoms with Crippen LogP contribution in [0.3, 0.4) is 0 Å². The Morgan fingerprint density at radius 2 is 2.30 bits per heavy atom.